The topological polar surface area (TPSA) is 123 Å². The molecule has 172 valence electrons. The van der Waals surface area contributed by atoms with E-state index in [4.69, 9.17) is 14.2 Å². The highest BCUT2D eigenvalue weighted by molar-refractivity contribution is 6.07. The number of nitrogens with zero attached hydrogens (tertiary/aromatic N) is 1. The first kappa shape index (κ1) is 21.9. The summed E-state index contributed by atoms with van der Waals surface area (Å²) in [7, 11) is 0. The molecule has 0 radical (unpaired) electrons. The number of amides is 4. The average molecular weight is 445 g/mol. The first-order chi connectivity index (χ1) is 15.4. The van der Waals surface area contributed by atoms with Crippen molar-refractivity contribution in [2.45, 2.75) is 63.6 Å². The molecule has 1 saturated heterocycles. The van der Waals surface area contributed by atoms with Crippen molar-refractivity contribution >= 4 is 23.8 Å². The first-order valence-electron chi connectivity index (χ1n) is 10.9. The fourth-order valence-electron chi connectivity index (χ4n) is 4.27. The highest BCUT2D eigenvalue weighted by atomic mass is 16.7. The Bertz CT molecular complexity index is 926. The van der Waals surface area contributed by atoms with Crippen LogP contribution < -0.4 is 20.1 Å². The van der Waals surface area contributed by atoms with E-state index >= 15 is 0 Å². The Hall–Kier alpha value is -3.30. The fraction of sp³-hybridized carbons (Fsp3) is 0.545. The zero-order valence-corrected chi connectivity index (χ0v) is 18.0. The number of ether oxygens (including phenoxy) is 3. The maximum atomic E-state index is 12.6. The van der Waals surface area contributed by atoms with E-state index in [-0.39, 0.29) is 38.6 Å². The number of hydrogen-bond acceptors (Lipinski definition) is 7. The van der Waals surface area contributed by atoms with Gasteiger partial charge in [-0.1, -0.05) is 18.9 Å². The van der Waals surface area contributed by atoms with E-state index in [9.17, 15) is 19.2 Å². The van der Waals surface area contributed by atoms with Crippen LogP contribution in [0, 0.1) is 0 Å². The van der Waals surface area contributed by atoms with E-state index < -0.39 is 29.6 Å². The Morgan fingerprint density at radius 2 is 1.97 bits per heavy atom. The number of imide groups is 1. The number of carbonyl (C=O) groups is 4. The molecular weight excluding hydrogens is 418 g/mol. The lowest BCUT2D eigenvalue weighted by Crippen LogP contribution is -2.44. The molecular formula is C22H27N3O7. The monoisotopic (exact) mass is 445 g/mol. The van der Waals surface area contributed by atoms with E-state index in [2.05, 4.69) is 10.6 Å². The standard InChI is InChI=1S/C22H27N3O7/c1-14(19(27)23-12-15-6-7-16-17(11-15)31-13-30-16)32-18(26)5-4-10-25-20(28)22(24-21(25)29)8-2-3-9-22/h6-7,11,14H,2-5,8-10,12-13H2,1H3,(H,23,27)(H,24,29)/t14-/m0/s1. The van der Waals surface area contributed by atoms with Gasteiger partial charge in [-0.25, -0.2) is 4.79 Å². The zero-order chi connectivity index (χ0) is 22.7. The third-order valence-corrected chi connectivity index (χ3v) is 6.05. The molecule has 2 aliphatic heterocycles. The molecule has 2 heterocycles. The molecule has 1 atom stereocenters. The summed E-state index contributed by atoms with van der Waals surface area (Å²) in [5.74, 6) is 0.102. The summed E-state index contributed by atoms with van der Waals surface area (Å²) in [6.45, 7) is 2.07. The Morgan fingerprint density at radius 1 is 1.22 bits per heavy atom. The highest BCUT2D eigenvalue weighted by Crippen LogP contribution is 2.35. The third kappa shape index (κ3) is 4.49. The number of benzene rings is 1. The van der Waals surface area contributed by atoms with E-state index in [0.717, 1.165) is 18.4 Å². The minimum absolute atomic E-state index is 0.00381. The van der Waals surface area contributed by atoms with Crippen molar-refractivity contribution in [1.82, 2.24) is 15.5 Å². The minimum atomic E-state index is -0.963. The molecule has 1 aliphatic carbocycles. The van der Waals surface area contributed by atoms with E-state index in [0.29, 0.717) is 24.3 Å². The van der Waals surface area contributed by atoms with Gasteiger partial charge in [-0.15, -0.1) is 0 Å². The van der Waals surface area contributed by atoms with Crippen molar-refractivity contribution in [3.63, 3.8) is 0 Å². The van der Waals surface area contributed by atoms with Crippen molar-refractivity contribution < 1.29 is 33.4 Å². The molecule has 1 aromatic rings. The number of esters is 1. The summed E-state index contributed by atoms with van der Waals surface area (Å²) < 4.78 is 15.7. The van der Waals surface area contributed by atoms with Gasteiger partial charge >= 0.3 is 12.0 Å². The SMILES string of the molecule is C[C@H](OC(=O)CCCN1C(=O)NC2(CCCC2)C1=O)C(=O)NCc1ccc2c(c1)OCO2. The van der Waals surface area contributed by atoms with E-state index in [1.54, 1.807) is 12.1 Å². The van der Waals surface area contributed by atoms with Crippen molar-refractivity contribution in [2.75, 3.05) is 13.3 Å². The van der Waals surface area contributed by atoms with Gasteiger partial charge in [-0.2, -0.15) is 0 Å². The van der Waals surface area contributed by atoms with Crippen molar-refractivity contribution in [3.05, 3.63) is 23.8 Å². The second kappa shape index (κ2) is 9.05. The van der Waals surface area contributed by atoms with Crippen LogP contribution in [0.2, 0.25) is 0 Å². The molecule has 4 rings (SSSR count). The predicted octanol–water partition coefficient (Wildman–Crippen LogP) is 1.61. The number of carbonyl (C=O) groups excluding carboxylic acids is 4. The second-order valence-electron chi connectivity index (χ2n) is 8.32. The molecule has 32 heavy (non-hydrogen) atoms. The molecule has 10 heteroatoms. The Kier molecular flexibility index (Phi) is 6.20. The van der Waals surface area contributed by atoms with Gasteiger partial charge in [0.05, 0.1) is 0 Å². The van der Waals surface area contributed by atoms with Crippen LogP contribution in [0.15, 0.2) is 18.2 Å². The summed E-state index contributed by atoms with van der Waals surface area (Å²) in [6, 6.07) is 4.97. The van der Waals surface area contributed by atoms with Crippen LogP contribution in [0.1, 0.15) is 51.0 Å². The largest absolute Gasteiger partial charge is 0.454 e. The summed E-state index contributed by atoms with van der Waals surface area (Å²) in [5.41, 5.74) is 0.0806. The predicted molar refractivity (Wildman–Crippen MR) is 111 cm³/mol. The van der Waals surface area contributed by atoms with Crippen LogP contribution >= 0.6 is 0 Å². The molecule has 1 aromatic carbocycles. The van der Waals surface area contributed by atoms with Gasteiger partial charge in [0.25, 0.3) is 11.8 Å². The van der Waals surface area contributed by atoms with Gasteiger partial charge in [0, 0.05) is 19.5 Å². The zero-order valence-electron chi connectivity index (χ0n) is 18.0. The lowest BCUT2D eigenvalue weighted by Gasteiger charge is -2.20. The van der Waals surface area contributed by atoms with E-state index in [1.165, 1.54) is 11.8 Å². The molecule has 0 unspecified atom stereocenters. The Morgan fingerprint density at radius 3 is 2.75 bits per heavy atom. The van der Waals surface area contributed by atoms with Gasteiger partial charge < -0.3 is 24.8 Å². The molecule has 2 fully saturated rings. The molecule has 10 nitrogen and oxygen atoms in total. The summed E-state index contributed by atoms with van der Waals surface area (Å²) in [6.07, 6.45) is 2.48. The maximum Gasteiger partial charge on any atom is 0.325 e. The average Bonchev–Trinajstić information content (AvgIpc) is 3.48. The van der Waals surface area contributed by atoms with Crippen LogP contribution in [0.4, 0.5) is 4.79 Å². The van der Waals surface area contributed by atoms with E-state index in [1.807, 2.05) is 6.07 Å². The molecule has 1 spiro atoms. The molecule has 1 saturated carbocycles. The second-order valence-corrected chi connectivity index (χ2v) is 8.32. The quantitative estimate of drug-likeness (QED) is 0.460. The van der Waals surface area contributed by atoms with Crippen molar-refractivity contribution in [3.8, 4) is 11.5 Å². The number of hydrogen-bond donors (Lipinski definition) is 2. The molecule has 3 aliphatic rings. The van der Waals surface area contributed by atoms with Crippen LogP contribution in [-0.2, 0) is 25.7 Å². The number of nitrogens with one attached hydrogen (secondary N) is 2. The minimum Gasteiger partial charge on any atom is -0.454 e. The lowest BCUT2D eigenvalue weighted by atomic mass is 9.98. The normalized spacial score (nSPS) is 19.2. The molecule has 4 amide bonds. The Labute approximate surface area is 185 Å². The smallest absolute Gasteiger partial charge is 0.325 e. The number of fused-ring (bicyclic) bond motifs is 1. The fourth-order valence-corrected chi connectivity index (χ4v) is 4.27. The molecule has 0 bridgehead atoms. The summed E-state index contributed by atoms with van der Waals surface area (Å²) in [4.78, 5) is 50.3. The van der Waals surface area contributed by atoms with Gasteiger partial charge in [0.2, 0.25) is 6.79 Å². The number of urea groups is 1. The lowest BCUT2D eigenvalue weighted by molar-refractivity contribution is -0.155. The molecule has 0 aromatic heterocycles. The van der Waals surface area contributed by atoms with Crippen molar-refractivity contribution in [1.29, 1.82) is 0 Å². The third-order valence-electron chi connectivity index (χ3n) is 6.05. The van der Waals surface area contributed by atoms with Crippen molar-refractivity contribution in [2.24, 2.45) is 0 Å². The summed E-state index contributed by atoms with van der Waals surface area (Å²) in [5, 5.41) is 5.53. The Balaban J connectivity index is 1.17. The van der Waals surface area contributed by atoms with Crippen LogP contribution in [0.3, 0.4) is 0 Å². The first-order valence-corrected chi connectivity index (χ1v) is 10.9. The van der Waals surface area contributed by atoms with Gasteiger partial charge in [-0.05, 0) is 43.9 Å². The summed E-state index contributed by atoms with van der Waals surface area (Å²) >= 11 is 0. The van der Waals surface area contributed by atoms with Crippen LogP contribution in [-0.4, -0.2) is 53.7 Å². The van der Waals surface area contributed by atoms with Crippen LogP contribution in [0.25, 0.3) is 0 Å². The molecule has 2 N–H and O–H groups in total. The highest BCUT2D eigenvalue weighted by Gasteiger charge is 2.52. The van der Waals surface area contributed by atoms with Crippen LogP contribution in [0.5, 0.6) is 11.5 Å². The number of rotatable bonds is 8. The van der Waals surface area contributed by atoms with Gasteiger partial charge in [0.1, 0.15) is 5.54 Å². The van der Waals surface area contributed by atoms with Gasteiger partial charge in [0.15, 0.2) is 17.6 Å². The maximum absolute atomic E-state index is 12.6. The van der Waals surface area contributed by atoms with Gasteiger partial charge in [-0.3, -0.25) is 19.3 Å².